The van der Waals surface area contributed by atoms with Gasteiger partial charge in [0.25, 0.3) is 0 Å². The number of aryl methyl sites for hydroxylation is 2. The summed E-state index contributed by atoms with van der Waals surface area (Å²) in [6.45, 7) is 2.63. The molecule has 0 amide bonds. The van der Waals surface area contributed by atoms with Crippen LogP contribution in [-0.2, 0) is 13.6 Å². The standard InChI is InChI=1S/C16H15BrClN3/c1-10-13(16(18)21(2)20-10)9-19-15-8-7-14(17)11-5-3-4-6-12(11)15/h3-8,19H,9H2,1-2H3. The molecule has 0 radical (unpaired) electrons. The maximum atomic E-state index is 6.28. The van der Waals surface area contributed by atoms with Crippen LogP contribution in [0.1, 0.15) is 11.3 Å². The van der Waals surface area contributed by atoms with Gasteiger partial charge in [0.2, 0.25) is 0 Å². The van der Waals surface area contributed by atoms with Crippen LogP contribution < -0.4 is 5.32 Å². The van der Waals surface area contributed by atoms with Gasteiger partial charge < -0.3 is 5.32 Å². The zero-order valence-electron chi connectivity index (χ0n) is 11.8. The number of fused-ring (bicyclic) bond motifs is 1. The lowest BCUT2D eigenvalue weighted by molar-refractivity contribution is 0.757. The Bertz CT molecular complexity index is 811. The molecule has 0 aliphatic carbocycles. The van der Waals surface area contributed by atoms with Crippen molar-refractivity contribution >= 4 is 44.0 Å². The molecule has 1 N–H and O–H groups in total. The molecule has 5 heteroatoms. The Morgan fingerprint density at radius 3 is 2.57 bits per heavy atom. The SMILES string of the molecule is Cc1nn(C)c(Cl)c1CNc1ccc(Br)c2ccccc12. The van der Waals surface area contributed by atoms with Crippen LogP contribution in [0.2, 0.25) is 5.15 Å². The van der Waals surface area contributed by atoms with E-state index in [-0.39, 0.29) is 0 Å². The molecule has 0 aliphatic rings. The third kappa shape index (κ3) is 2.65. The molecule has 1 aromatic heterocycles. The number of anilines is 1. The second kappa shape index (κ2) is 5.70. The zero-order chi connectivity index (χ0) is 15.0. The number of nitrogens with one attached hydrogen (secondary N) is 1. The Morgan fingerprint density at radius 2 is 1.90 bits per heavy atom. The van der Waals surface area contributed by atoms with E-state index < -0.39 is 0 Å². The average molecular weight is 365 g/mol. The summed E-state index contributed by atoms with van der Waals surface area (Å²) in [5.41, 5.74) is 3.08. The lowest BCUT2D eigenvalue weighted by Gasteiger charge is -2.11. The van der Waals surface area contributed by atoms with Gasteiger partial charge in [-0.1, -0.05) is 51.8 Å². The highest BCUT2D eigenvalue weighted by atomic mass is 79.9. The third-order valence-electron chi connectivity index (χ3n) is 3.60. The molecule has 0 unspecified atom stereocenters. The first-order valence-electron chi connectivity index (χ1n) is 6.67. The lowest BCUT2D eigenvalue weighted by atomic mass is 10.1. The largest absolute Gasteiger partial charge is 0.380 e. The molecule has 3 rings (SSSR count). The van der Waals surface area contributed by atoms with E-state index in [1.54, 1.807) is 4.68 Å². The zero-order valence-corrected chi connectivity index (χ0v) is 14.2. The van der Waals surface area contributed by atoms with Gasteiger partial charge in [-0.05, 0) is 24.4 Å². The molecular weight excluding hydrogens is 350 g/mol. The maximum Gasteiger partial charge on any atom is 0.131 e. The molecule has 0 bridgehead atoms. The second-order valence-corrected chi connectivity index (χ2v) is 6.18. The first-order chi connectivity index (χ1) is 10.1. The van der Waals surface area contributed by atoms with Crippen LogP contribution in [-0.4, -0.2) is 9.78 Å². The van der Waals surface area contributed by atoms with Crippen LogP contribution in [0.3, 0.4) is 0 Å². The lowest BCUT2D eigenvalue weighted by Crippen LogP contribution is -2.01. The molecule has 2 aromatic carbocycles. The molecule has 0 fully saturated rings. The van der Waals surface area contributed by atoms with Crippen LogP contribution in [0, 0.1) is 6.92 Å². The second-order valence-electron chi connectivity index (χ2n) is 4.97. The fraction of sp³-hybridized carbons (Fsp3) is 0.188. The molecule has 0 saturated carbocycles. The van der Waals surface area contributed by atoms with Crippen molar-refractivity contribution in [2.24, 2.45) is 7.05 Å². The molecule has 0 spiro atoms. The van der Waals surface area contributed by atoms with E-state index in [0.717, 1.165) is 21.4 Å². The number of hydrogen-bond donors (Lipinski definition) is 1. The first-order valence-corrected chi connectivity index (χ1v) is 7.84. The van der Waals surface area contributed by atoms with Crippen molar-refractivity contribution in [3.63, 3.8) is 0 Å². The number of nitrogens with zero attached hydrogens (tertiary/aromatic N) is 2. The highest BCUT2D eigenvalue weighted by Gasteiger charge is 2.11. The molecular formula is C16H15BrClN3. The van der Waals surface area contributed by atoms with Crippen LogP contribution in [0.5, 0.6) is 0 Å². The molecule has 0 atom stereocenters. The Hall–Kier alpha value is -1.52. The fourth-order valence-electron chi connectivity index (χ4n) is 2.47. The van der Waals surface area contributed by atoms with Crippen LogP contribution in [0.15, 0.2) is 40.9 Å². The van der Waals surface area contributed by atoms with Gasteiger partial charge in [-0.25, -0.2) is 0 Å². The minimum Gasteiger partial charge on any atom is -0.380 e. The quantitative estimate of drug-likeness (QED) is 0.715. The van der Waals surface area contributed by atoms with Gasteiger partial charge in [0.15, 0.2) is 0 Å². The van der Waals surface area contributed by atoms with E-state index in [9.17, 15) is 0 Å². The molecule has 21 heavy (non-hydrogen) atoms. The smallest absolute Gasteiger partial charge is 0.131 e. The number of benzene rings is 2. The van der Waals surface area contributed by atoms with E-state index in [1.807, 2.05) is 26.1 Å². The van der Waals surface area contributed by atoms with Gasteiger partial charge in [-0.15, -0.1) is 0 Å². The summed E-state index contributed by atoms with van der Waals surface area (Å²) in [6, 6.07) is 12.4. The molecule has 0 aliphatic heterocycles. The van der Waals surface area contributed by atoms with E-state index >= 15 is 0 Å². The van der Waals surface area contributed by atoms with Gasteiger partial charge in [0.1, 0.15) is 5.15 Å². The van der Waals surface area contributed by atoms with E-state index in [1.165, 1.54) is 10.8 Å². The van der Waals surface area contributed by atoms with Crippen molar-refractivity contribution in [2.75, 3.05) is 5.32 Å². The molecule has 0 saturated heterocycles. The van der Waals surface area contributed by atoms with E-state index in [2.05, 4.69) is 50.6 Å². The summed E-state index contributed by atoms with van der Waals surface area (Å²) < 4.78 is 2.80. The highest BCUT2D eigenvalue weighted by molar-refractivity contribution is 9.10. The Balaban J connectivity index is 1.94. The Kier molecular flexibility index (Phi) is 3.91. The highest BCUT2D eigenvalue weighted by Crippen LogP contribution is 2.30. The summed E-state index contributed by atoms with van der Waals surface area (Å²) in [7, 11) is 1.86. The van der Waals surface area contributed by atoms with Gasteiger partial charge in [0, 0.05) is 34.7 Å². The van der Waals surface area contributed by atoms with Crippen molar-refractivity contribution in [1.82, 2.24) is 9.78 Å². The van der Waals surface area contributed by atoms with Crippen LogP contribution >= 0.6 is 27.5 Å². The summed E-state index contributed by atoms with van der Waals surface area (Å²) in [6.07, 6.45) is 0. The third-order valence-corrected chi connectivity index (χ3v) is 4.76. The van der Waals surface area contributed by atoms with Gasteiger partial charge >= 0.3 is 0 Å². The average Bonchev–Trinajstić information content (AvgIpc) is 2.72. The Morgan fingerprint density at radius 1 is 1.19 bits per heavy atom. The Labute approximate surface area is 137 Å². The summed E-state index contributed by atoms with van der Waals surface area (Å²) >= 11 is 9.87. The summed E-state index contributed by atoms with van der Waals surface area (Å²) in [5.74, 6) is 0. The molecule has 3 nitrogen and oxygen atoms in total. The van der Waals surface area contributed by atoms with Gasteiger partial charge in [0.05, 0.1) is 5.69 Å². The molecule has 1 heterocycles. The van der Waals surface area contributed by atoms with Crippen molar-refractivity contribution in [2.45, 2.75) is 13.5 Å². The summed E-state index contributed by atoms with van der Waals surface area (Å²) in [5, 5.41) is 10.9. The molecule has 3 aromatic rings. The monoisotopic (exact) mass is 363 g/mol. The first kappa shape index (κ1) is 14.4. The van der Waals surface area contributed by atoms with Crippen molar-refractivity contribution in [3.05, 3.63) is 57.3 Å². The van der Waals surface area contributed by atoms with Crippen molar-refractivity contribution in [3.8, 4) is 0 Å². The predicted molar refractivity (Wildman–Crippen MR) is 91.9 cm³/mol. The minimum absolute atomic E-state index is 0.657. The van der Waals surface area contributed by atoms with Crippen LogP contribution in [0.25, 0.3) is 10.8 Å². The minimum atomic E-state index is 0.657. The number of rotatable bonds is 3. The number of halogens is 2. The maximum absolute atomic E-state index is 6.28. The van der Waals surface area contributed by atoms with E-state index in [4.69, 9.17) is 11.6 Å². The van der Waals surface area contributed by atoms with Gasteiger partial charge in [-0.2, -0.15) is 5.10 Å². The number of aromatic nitrogens is 2. The predicted octanol–water partition coefficient (Wildman–Crippen LogP) is 4.91. The summed E-state index contributed by atoms with van der Waals surface area (Å²) in [4.78, 5) is 0. The van der Waals surface area contributed by atoms with Gasteiger partial charge in [-0.3, -0.25) is 4.68 Å². The van der Waals surface area contributed by atoms with E-state index in [0.29, 0.717) is 11.7 Å². The fourth-order valence-corrected chi connectivity index (χ4v) is 3.19. The van der Waals surface area contributed by atoms with Crippen molar-refractivity contribution < 1.29 is 0 Å². The van der Waals surface area contributed by atoms with Crippen LogP contribution in [0.4, 0.5) is 5.69 Å². The molecule has 108 valence electrons. The van der Waals surface area contributed by atoms with Crippen molar-refractivity contribution in [1.29, 1.82) is 0 Å². The topological polar surface area (TPSA) is 29.9 Å². The number of hydrogen-bond acceptors (Lipinski definition) is 2. The normalized spacial score (nSPS) is 11.0.